The van der Waals surface area contributed by atoms with E-state index in [1.165, 1.54) is 0 Å². The van der Waals surface area contributed by atoms with Crippen LogP contribution in [0.5, 0.6) is 0 Å². The SMILES string of the molecule is O=C(c1cc2cc(Br)ccc2o1)N1C[C@H]2CNC[C@H]2C1. The van der Waals surface area contributed by atoms with E-state index in [1.807, 2.05) is 29.2 Å². The Morgan fingerprint density at radius 3 is 2.75 bits per heavy atom. The molecule has 20 heavy (non-hydrogen) atoms. The van der Waals surface area contributed by atoms with Crippen LogP contribution in [0.1, 0.15) is 10.6 Å². The summed E-state index contributed by atoms with van der Waals surface area (Å²) in [7, 11) is 0. The van der Waals surface area contributed by atoms with E-state index in [4.69, 9.17) is 4.42 Å². The number of hydrogen-bond donors (Lipinski definition) is 1. The molecule has 2 fully saturated rings. The van der Waals surface area contributed by atoms with Crippen molar-refractivity contribution >= 4 is 32.8 Å². The van der Waals surface area contributed by atoms with Crippen molar-refractivity contribution in [3.63, 3.8) is 0 Å². The highest BCUT2D eigenvalue weighted by Crippen LogP contribution is 2.29. The zero-order valence-corrected chi connectivity index (χ0v) is 12.5. The van der Waals surface area contributed by atoms with Crippen LogP contribution in [0.3, 0.4) is 0 Å². The molecule has 1 N–H and O–H groups in total. The first-order valence-electron chi connectivity index (χ1n) is 6.90. The zero-order valence-electron chi connectivity index (χ0n) is 10.9. The Morgan fingerprint density at radius 2 is 2.00 bits per heavy atom. The van der Waals surface area contributed by atoms with Gasteiger partial charge < -0.3 is 14.6 Å². The summed E-state index contributed by atoms with van der Waals surface area (Å²) in [4.78, 5) is 14.5. The second-order valence-electron chi connectivity index (χ2n) is 5.68. The fourth-order valence-electron chi connectivity index (χ4n) is 3.30. The summed E-state index contributed by atoms with van der Waals surface area (Å²) in [6.07, 6.45) is 0. The van der Waals surface area contributed by atoms with Crippen LogP contribution in [0.4, 0.5) is 0 Å². The molecule has 1 aromatic carbocycles. The number of rotatable bonds is 1. The second-order valence-corrected chi connectivity index (χ2v) is 6.60. The highest BCUT2D eigenvalue weighted by molar-refractivity contribution is 9.10. The van der Waals surface area contributed by atoms with Crippen molar-refractivity contribution in [2.24, 2.45) is 11.8 Å². The number of amides is 1. The molecule has 0 radical (unpaired) electrons. The molecule has 4 rings (SSSR count). The lowest BCUT2D eigenvalue weighted by Crippen LogP contribution is -2.31. The van der Waals surface area contributed by atoms with Crippen molar-refractivity contribution in [2.75, 3.05) is 26.2 Å². The van der Waals surface area contributed by atoms with Crippen molar-refractivity contribution in [3.05, 3.63) is 34.5 Å². The Kier molecular flexibility index (Phi) is 2.86. The minimum absolute atomic E-state index is 0.0201. The molecule has 2 aliphatic heterocycles. The maximum atomic E-state index is 12.5. The number of nitrogens with zero attached hydrogens (tertiary/aromatic N) is 1. The molecule has 1 aromatic heterocycles. The standard InChI is InChI=1S/C15H15BrN2O2/c16-12-1-2-13-9(3-12)4-14(20-13)15(19)18-7-10-5-17-6-11(10)8-18/h1-4,10-11,17H,5-8H2/t10-,11+. The number of halogens is 1. The van der Waals surface area contributed by atoms with Gasteiger partial charge in [0.1, 0.15) is 5.58 Å². The normalized spacial score (nSPS) is 25.4. The predicted octanol–water partition coefficient (Wildman–Crippen LogP) is 2.49. The number of furan rings is 1. The molecule has 2 aromatic rings. The largest absolute Gasteiger partial charge is 0.451 e. The van der Waals surface area contributed by atoms with Crippen LogP contribution in [0, 0.1) is 11.8 Å². The third kappa shape index (κ3) is 1.96. The lowest BCUT2D eigenvalue weighted by Gasteiger charge is -2.15. The fraction of sp³-hybridized carbons (Fsp3) is 0.400. The average Bonchev–Trinajstić information content (AvgIpc) is 3.10. The van der Waals surface area contributed by atoms with Crippen molar-refractivity contribution in [2.45, 2.75) is 0 Å². The van der Waals surface area contributed by atoms with Crippen molar-refractivity contribution in [3.8, 4) is 0 Å². The van der Waals surface area contributed by atoms with Crippen LogP contribution in [0.25, 0.3) is 11.0 Å². The monoisotopic (exact) mass is 334 g/mol. The van der Waals surface area contributed by atoms with Crippen molar-refractivity contribution < 1.29 is 9.21 Å². The second kappa shape index (κ2) is 4.60. The van der Waals surface area contributed by atoms with E-state index in [1.54, 1.807) is 0 Å². The lowest BCUT2D eigenvalue weighted by atomic mass is 10.0. The Morgan fingerprint density at radius 1 is 1.25 bits per heavy atom. The first-order valence-corrected chi connectivity index (χ1v) is 7.69. The van der Waals surface area contributed by atoms with Gasteiger partial charge in [-0.05, 0) is 36.1 Å². The van der Waals surface area contributed by atoms with E-state index in [0.717, 1.165) is 41.6 Å². The molecular formula is C15H15BrN2O2. The Labute approximate surface area is 125 Å². The molecule has 2 saturated heterocycles. The Hall–Kier alpha value is -1.33. The van der Waals surface area contributed by atoms with E-state index in [-0.39, 0.29) is 5.91 Å². The summed E-state index contributed by atoms with van der Waals surface area (Å²) in [6.45, 7) is 3.75. The molecule has 1 amide bonds. The number of carbonyl (C=O) groups excluding carboxylic acids is 1. The molecule has 0 unspecified atom stereocenters. The zero-order chi connectivity index (χ0) is 13.7. The number of carbonyl (C=O) groups is 1. The summed E-state index contributed by atoms with van der Waals surface area (Å²) in [5, 5.41) is 4.35. The number of benzene rings is 1. The Bertz CT molecular complexity index is 670. The molecule has 2 aliphatic rings. The van der Waals surface area contributed by atoms with Gasteiger partial charge in [-0.3, -0.25) is 4.79 Å². The molecule has 4 nitrogen and oxygen atoms in total. The maximum Gasteiger partial charge on any atom is 0.289 e. The summed E-state index contributed by atoms with van der Waals surface area (Å²) >= 11 is 3.43. The van der Waals surface area contributed by atoms with Gasteiger partial charge in [-0.15, -0.1) is 0 Å². The van der Waals surface area contributed by atoms with Gasteiger partial charge in [-0.2, -0.15) is 0 Å². The van der Waals surface area contributed by atoms with Gasteiger partial charge in [-0.1, -0.05) is 15.9 Å². The maximum absolute atomic E-state index is 12.5. The minimum Gasteiger partial charge on any atom is -0.451 e. The van der Waals surface area contributed by atoms with Crippen molar-refractivity contribution in [1.29, 1.82) is 0 Å². The minimum atomic E-state index is 0.0201. The van der Waals surface area contributed by atoms with Crippen LogP contribution in [0.2, 0.25) is 0 Å². The molecule has 5 heteroatoms. The fourth-order valence-corrected chi connectivity index (χ4v) is 3.68. The van der Waals surface area contributed by atoms with Crippen LogP contribution in [-0.2, 0) is 0 Å². The molecule has 2 atom stereocenters. The lowest BCUT2D eigenvalue weighted by molar-refractivity contribution is 0.0752. The number of likely N-dealkylation sites (tertiary alicyclic amines) is 1. The van der Waals surface area contributed by atoms with Gasteiger partial charge in [0.05, 0.1) is 0 Å². The highest BCUT2D eigenvalue weighted by atomic mass is 79.9. The third-order valence-corrected chi connectivity index (χ3v) is 4.86. The number of hydrogen-bond acceptors (Lipinski definition) is 3. The quantitative estimate of drug-likeness (QED) is 0.871. The Balaban J connectivity index is 1.61. The van der Waals surface area contributed by atoms with Gasteiger partial charge in [0.25, 0.3) is 5.91 Å². The molecule has 3 heterocycles. The summed E-state index contributed by atoms with van der Waals surface area (Å²) in [5.74, 6) is 1.69. The highest BCUT2D eigenvalue weighted by Gasteiger charge is 2.38. The molecule has 104 valence electrons. The van der Waals surface area contributed by atoms with Crippen molar-refractivity contribution in [1.82, 2.24) is 10.2 Å². The first kappa shape index (κ1) is 12.4. The van der Waals surface area contributed by atoms with E-state index in [9.17, 15) is 4.79 Å². The topological polar surface area (TPSA) is 45.5 Å². The van der Waals surface area contributed by atoms with Crippen LogP contribution in [0.15, 0.2) is 33.2 Å². The average molecular weight is 335 g/mol. The molecule has 0 saturated carbocycles. The van der Waals surface area contributed by atoms with Gasteiger partial charge in [0.15, 0.2) is 5.76 Å². The van der Waals surface area contributed by atoms with Crippen LogP contribution < -0.4 is 5.32 Å². The first-order chi connectivity index (χ1) is 9.70. The van der Waals surface area contributed by atoms with E-state index in [0.29, 0.717) is 17.6 Å². The van der Waals surface area contributed by atoms with Gasteiger partial charge in [0.2, 0.25) is 0 Å². The number of nitrogens with one attached hydrogen (secondary N) is 1. The molecule has 0 spiro atoms. The smallest absolute Gasteiger partial charge is 0.289 e. The van der Waals surface area contributed by atoms with Gasteiger partial charge in [-0.25, -0.2) is 0 Å². The van der Waals surface area contributed by atoms with Crippen LogP contribution in [-0.4, -0.2) is 37.0 Å². The predicted molar refractivity (Wildman–Crippen MR) is 79.7 cm³/mol. The summed E-state index contributed by atoms with van der Waals surface area (Å²) in [5.41, 5.74) is 0.762. The summed E-state index contributed by atoms with van der Waals surface area (Å²) in [6, 6.07) is 7.62. The molecular weight excluding hydrogens is 320 g/mol. The molecule has 0 aliphatic carbocycles. The van der Waals surface area contributed by atoms with E-state index < -0.39 is 0 Å². The summed E-state index contributed by atoms with van der Waals surface area (Å²) < 4.78 is 6.68. The van der Waals surface area contributed by atoms with Gasteiger partial charge >= 0.3 is 0 Å². The van der Waals surface area contributed by atoms with E-state index >= 15 is 0 Å². The third-order valence-electron chi connectivity index (χ3n) is 4.37. The van der Waals surface area contributed by atoms with Gasteiger partial charge in [0, 0.05) is 36.0 Å². The van der Waals surface area contributed by atoms with Crippen LogP contribution >= 0.6 is 15.9 Å². The van der Waals surface area contributed by atoms with E-state index in [2.05, 4.69) is 21.2 Å². The number of fused-ring (bicyclic) bond motifs is 2. The molecule has 0 bridgehead atoms.